The summed E-state index contributed by atoms with van der Waals surface area (Å²) in [6.45, 7) is 1.80. The molecule has 2 rings (SSSR count). The van der Waals surface area contributed by atoms with Crippen molar-refractivity contribution >= 4 is 33.4 Å². The number of hydrogen-bond acceptors (Lipinski definition) is 3. The van der Waals surface area contributed by atoms with Crippen LogP contribution in [0.25, 0.3) is 0 Å². The molecule has 22 heavy (non-hydrogen) atoms. The second-order valence-electron chi connectivity index (χ2n) is 5.42. The number of hydrogen-bond donors (Lipinski definition) is 0. The fourth-order valence-electron chi connectivity index (χ4n) is 2.63. The van der Waals surface area contributed by atoms with E-state index in [-0.39, 0.29) is 11.8 Å². The third-order valence-electron chi connectivity index (χ3n) is 3.84. The van der Waals surface area contributed by atoms with Crippen LogP contribution < -0.4 is 4.90 Å². The number of benzene rings is 1. The summed E-state index contributed by atoms with van der Waals surface area (Å²) in [5.74, 6) is -0.771. The summed E-state index contributed by atoms with van der Waals surface area (Å²) in [5, 5.41) is 0. The molecule has 1 saturated heterocycles. The lowest BCUT2D eigenvalue weighted by Crippen LogP contribution is -2.38. The van der Waals surface area contributed by atoms with Crippen LogP contribution in [0.2, 0.25) is 0 Å². The predicted octanol–water partition coefficient (Wildman–Crippen LogP) is 2.30. The molecule has 1 aromatic carbocycles. The maximum Gasteiger partial charge on any atom is 0.239 e. The molecular weight excluding hydrogens is 348 g/mol. The fraction of sp³-hybridized carbons (Fsp3) is 0.500. The Balaban J connectivity index is 2.00. The van der Waals surface area contributed by atoms with E-state index in [0.717, 1.165) is 16.6 Å². The molecule has 2 amide bonds. The van der Waals surface area contributed by atoms with Crippen LogP contribution in [0.3, 0.4) is 0 Å². The van der Waals surface area contributed by atoms with E-state index in [1.54, 1.807) is 24.0 Å². The molecule has 0 aromatic heterocycles. The van der Waals surface area contributed by atoms with E-state index in [1.807, 2.05) is 24.3 Å². The van der Waals surface area contributed by atoms with Gasteiger partial charge in [0.2, 0.25) is 11.8 Å². The Bertz CT molecular complexity index is 550. The first-order valence-corrected chi connectivity index (χ1v) is 8.14. The quantitative estimate of drug-likeness (QED) is 0.571. The van der Waals surface area contributed by atoms with Crippen LogP contribution in [0.1, 0.15) is 12.8 Å². The van der Waals surface area contributed by atoms with Gasteiger partial charge in [-0.3, -0.25) is 9.59 Å². The minimum absolute atomic E-state index is 0.0985. The van der Waals surface area contributed by atoms with Crippen LogP contribution in [0, 0.1) is 5.92 Å². The van der Waals surface area contributed by atoms with Gasteiger partial charge in [0, 0.05) is 44.0 Å². The van der Waals surface area contributed by atoms with Crippen molar-refractivity contribution in [3.63, 3.8) is 0 Å². The van der Waals surface area contributed by atoms with Gasteiger partial charge in [-0.15, -0.1) is 0 Å². The smallest absolute Gasteiger partial charge is 0.239 e. The summed E-state index contributed by atoms with van der Waals surface area (Å²) in [6, 6.07) is 7.58. The van der Waals surface area contributed by atoms with Gasteiger partial charge in [-0.25, -0.2) is 0 Å². The molecule has 5 nitrogen and oxygen atoms in total. The van der Waals surface area contributed by atoms with Gasteiger partial charge in [-0.1, -0.05) is 22.0 Å². The van der Waals surface area contributed by atoms with Gasteiger partial charge >= 0.3 is 0 Å². The highest BCUT2D eigenvalue weighted by molar-refractivity contribution is 9.10. The first-order chi connectivity index (χ1) is 10.5. The van der Waals surface area contributed by atoms with Crippen molar-refractivity contribution in [1.82, 2.24) is 4.90 Å². The summed E-state index contributed by atoms with van der Waals surface area (Å²) in [6.07, 6.45) is 1.34. The second-order valence-corrected chi connectivity index (χ2v) is 6.33. The van der Waals surface area contributed by atoms with Crippen LogP contribution in [0.4, 0.5) is 5.69 Å². The van der Waals surface area contributed by atoms with E-state index in [1.165, 1.54) is 0 Å². The zero-order valence-corrected chi connectivity index (χ0v) is 14.5. The summed E-state index contributed by atoms with van der Waals surface area (Å²) in [7, 11) is 3.38. The summed E-state index contributed by atoms with van der Waals surface area (Å²) >= 11 is 3.41. The van der Waals surface area contributed by atoms with Gasteiger partial charge in [0.05, 0.1) is 0 Å². The molecule has 1 heterocycles. The fourth-order valence-corrected chi connectivity index (χ4v) is 3.02. The number of amides is 2. The van der Waals surface area contributed by atoms with Gasteiger partial charge in [0.15, 0.2) is 0 Å². The number of carbonyl (C=O) groups excluding carboxylic acids is 2. The maximum absolute atomic E-state index is 12.5. The van der Waals surface area contributed by atoms with Crippen LogP contribution in [-0.2, 0) is 14.3 Å². The third kappa shape index (κ3) is 3.87. The van der Waals surface area contributed by atoms with Crippen molar-refractivity contribution in [2.75, 3.05) is 38.8 Å². The average molecular weight is 369 g/mol. The first-order valence-electron chi connectivity index (χ1n) is 7.35. The first kappa shape index (κ1) is 17.0. The van der Waals surface area contributed by atoms with Gasteiger partial charge in [-0.05, 0) is 31.0 Å². The van der Waals surface area contributed by atoms with Crippen LogP contribution in [0.5, 0.6) is 0 Å². The third-order valence-corrected chi connectivity index (χ3v) is 4.33. The predicted molar refractivity (Wildman–Crippen MR) is 88.7 cm³/mol. The zero-order chi connectivity index (χ0) is 16.1. The van der Waals surface area contributed by atoms with E-state index in [4.69, 9.17) is 4.74 Å². The van der Waals surface area contributed by atoms with Crippen LogP contribution >= 0.6 is 15.9 Å². The van der Waals surface area contributed by atoms with Crippen LogP contribution in [0.15, 0.2) is 28.7 Å². The molecule has 0 aliphatic carbocycles. The van der Waals surface area contributed by atoms with Crippen molar-refractivity contribution in [3.05, 3.63) is 28.7 Å². The Morgan fingerprint density at radius 3 is 2.95 bits per heavy atom. The summed E-state index contributed by atoms with van der Waals surface area (Å²) in [5.41, 5.74) is 0.830. The van der Waals surface area contributed by atoms with E-state index >= 15 is 0 Å². The number of nitrogens with zero attached hydrogens (tertiary/aromatic N) is 2. The van der Waals surface area contributed by atoms with E-state index in [2.05, 4.69) is 15.9 Å². The Morgan fingerprint density at radius 2 is 2.27 bits per heavy atom. The SMILES string of the molecule is COCCCN(C)C(=O)C1CCN(c2cccc(Br)c2)C1=O. The largest absolute Gasteiger partial charge is 0.385 e. The van der Waals surface area contributed by atoms with Gasteiger partial charge in [-0.2, -0.15) is 0 Å². The van der Waals surface area contributed by atoms with Crippen molar-refractivity contribution < 1.29 is 14.3 Å². The van der Waals surface area contributed by atoms with Gasteiger partial charge in [0.25, 0.3) is 0 Å². The monoisotopic (exact) mass is 368 g/mol. The number of rotatable bonds is 6. The minimum atomic E-state index is -0.563. The molecule has 6 heteroatoms. The molecule has 1 aliphatic rings. The number of anilines is 1. The maximum atomic E-state index is 12.5. The van der Waals surface area contributed by atoms with Crippen molar-refractivity contribution in [2.24, 2.45) is 5.92 Å². The normalized spacial score (nSPS) is 17.9. The molecule has 1 unspecified atom stereocenters. The summed E-state index contributed by atoms with van der Waals surface area (Å²) in [4.78, 5) is 28.3. The highest BCUT2D eigenvalue weighted by atomic mass is 79.9. The molecule has 120 valence electrons. The molecule has 1 aliphatic heterocycles. The lowest BCUT2D eigenvalue weighted by molar-refractivity contribution is -0.138. The summed E-state index contributed by atoms with van der Waals surface area (Å²) < 4.78 is 5.91. The molecule has 1 fully saturated rings. The van der Waals surface area contributed by atoms with Crippen molar-refractivity contribution in [3.8, 4) is 0 Å². The number of carbonyl (C=O) groups is 2. The van der Waals surface area contributed by atoms with E-state index in [0.29, 0.717) is 26.1 Å². The molecule has 0 radical (unpaired) electrons. The Hall–Kier alpha value is -1.40. The molecule has 1 aromatic rings. The zero-order valence-electron chi connectivity index (χ0n) is 12.9. The number of methoxy groups -OCH3 is 1. The second kappa shape index (κ2) is 7.74. The lowest BCUT2D eigenvalue weighted by Gasteiger charge is -2.21. The molecule has 1 atom stereocenters. The van der Waals surface area contributed by atoms with Gasteiger partial charge < -0.3 is 14.5 Å². The number of ether oxygens (including phenoxy) is 1. The van der Waals surface area contributed by atoms with E-state index in [9.17, 15) is 9.59 Å². The topological polar surface area (TPSA) is 49.9 Å². The minimum Gasteiger partial charge on any atom is -0.385 e. The van der Waals surface area contributed by atoms with Crippen LogP contribution in [-0.4, -0.2) is 50.6 Å². The molecule has 0 N–H and O–H groups in total. The average Bonchev–Trinajstić information content (AvgIpc) is 2.88. The van der Waals surface area contributed by atoms with Crippen molar-refractivity contribution in [2.45, 2.75) is 12.8 Å². The Morgan fingerprint density at radius 1 is 1.50 bits per heavy atom. The molecule has 0 spiro atoms. The molecule has 0 saturated carbocycles. The molecular formula is C16H21BrN2O3. The Kier molecular flexibility index (Phi) is 5.97. The highest BCUT2D eigenvalue weighted by Crippen LogP contribution is 2.28. The Labute approximate surface area is 139 Å². The lowest BCUT2D eigenvalue weighted by atomic mass is 10.1. The standard InChI is InChI=1S/C16H21BrN2O3/c1-18(8-4-10-22-2)15(20)14-7-9-19(16(14)21)13-6-3-5-12(17)11-13/h3,5-6,11,14H,4,7-10H2,1-2H3. The van der Waals surface area contributed by atoms with E-state index < -0.39 is 5.92 Å². The highest BCUT2D eigenvalue weighted by Gasteiger charge is 2.38. The molecule has 0 bridgehead atoms. The van der Waals surface area contributed by atoms with Gasteiger partial charge in [0.1, 0.15) is 5.92 Å². The van der Waals surface area contributed by atoms with Crippen molar-refractivity contribution in [1.29, 1.82) is 0 Å². The number of halogens is 1.